The first-order valence-electron chi connectivity index (χ1n) is 6.25. The van der Waals surface area contributed by atoms with E-state index >= 15 is 0 Å². The second-order valence-corrected chi connectivity index (χ2v) is 4.26. The van der Waals surface area contributed by atoms with Crippen LogP contribution in [-0.2, 0) is 0 Å². The van der Waals surface area contributed by atoms with Gasteiger partial charge in [0.05, 0.1) is 19.0 Å². The number of aromatic nitrogens is 2. The van der Waals surface area contributed by atoms with Gasteiger partial charge in [-0.3, -0.25) is 9.78 Å². The average Bonchev–Trinajstić information content (AvgIpc) is 2.50. The van der Waals surface area contributed by atoms with Gasteiger partial charge in [0.25, 0.3) is 5.56 Å². The fourth-order valence-corrected chi connectivity index (χ4v) is 1.79. The Morgan fingerprint density at radius 1 is 1.39 bits per heavy atom. The summed E-state index contributed by atoms with van der Waals surface area (Å²) >= 11 is 0. The van der Waals surface area contributed by atoms with Crippen LogP contribution in [0.3, 0.4) is 0 Å². The first-order valence-corrected chi connectivity index (χ1v) is 6.25. The quantitative estimate of drug-likeness (QED) is 0.431. The molecule has 1 heterocycles. The van der Waals surface area contributed by atoms with E-state index in [1.54, 1.807) is 12.1 Å². The van der Waals surface area contributed by atoms with Crippen molar-refractivity contribution in [2.24, 2.45) is 10.8 Å². The molecule has 0 radical (unpaired) electrons. The van der Waals surface area contributed by atoms with Gasteiger partial charge in [-0.05, 0) is 24.3 Å². The van der Waals surface area contributed by atoms with Crippen molar-refractivity contribution >= 4 is 12.2 Å². The summed E-state index contributed by atoms with van der Waals surface area (Å²) in [5.74, 6) is -0.0860. The van der Waals surface area contributed by atoms with Gasteiger partial charge in [0.1, 0.15) is 11.3 Å². The highest BCUT2D eigenvalue weighted by atomic mass is 16.5. The fourth-order valence-electron chi connectivity index (χ4n) is 1.79. The average molecular weight is 319 g/mol. The molecule has 1 aromatic heterocycles. The molecule has 0 aliphatic rings. The number of primary amides is 1. The van der Waals surface area contributed by atoms with E-state index in [1.807, 2.05) is 10.4 Å². The Kier molecular flexibility index (Phi) is 4.45. The molecule has 23 heavy (non-hydrogen) atoms. The number of amides is 2. The zero-order valence-corrected chi connectivity index (χ0v) is 11.9. The summed E-state index contributed by atoms with van der Waals surface area (Å²) < 4.78 is 5.87. The summed E-state index contributed by atoms with van der Waals surface area (Å²) in [6.07, 6.45) is 0.873. The van der Waals surface area contributed by atoms with Crippen LogP contribution in [0, 0.1) is 0 Å². The molecule has 0 aliphatic heterocycles. The summed E-state index contributed by atoms with van der Waals surface area (Å²) in [6.45, 7) is 0. The molecular formula is C13H13N5O5. The largest absolute Gasteiger partial charge is 0.497 e. The summed E-state index contributed by atoms with van der Waals surface area (Å²) in [7, 11) is 1.49. The predicted molar refractivity (Wildman–Crippen MR) is 81.2 cm³/mol. The third-order valence-corrected chi connectivity index (χ3v) is 2.82. The Labute approximate surface area is 128 Å². The lowest BCUT2D eigenvalue weighted by molar-refractivity contribution is 0.249. The molecule has 1 aromatic carbocycles. The lowest BCUT2D eigenvalue weighted by Gasteiger charge is -2.10. The SMILES string of the molecule is COc1ccc(-n2c(O)c(C=NNC(N)=O)c(=O)[nH]c2=O)cc1. The van der Waals surface area contributed by atoms with E-state index in [9.17, 15) is 19.5 Å². The molecule has 0 fully saturated rings. The Bertz CT molecular complexity index is 866. The summed E-state index contributed by atoms with van der Waals surface area (Å²) in [6, 6.07) is 5.24. The summed E-state index contributed by atoms with van der Waals surface area (Å²) in [5, 5.41) is 13.6. The summed E-state index contributed by atoms with van der Waals surface area (Å²) in [4.78, 5) is 36.3. The van der Waals surface area contributed by atoms with E-state index in [1.165, 1.54) is 19.2 Å². The first kappa shape index (κ1) is 15.8. The number of hydrogen-bond acceptors (Lipinski definition) is 6. The maximum atomic E-state index is 11.9. The number of hydrogen-bond donors (Lipinski definition) is 4. The van der Waals surface area contributed by atoms with Gasteiger partial charge in [-0.2, -0.15) is 5.10 Å². The molecule has 0 unspecified atom stereocenters. The molecule has 10 heteroatoms. The van der Waals surface area contributed by atoms with Gasteiger partial charge >= 0.3 is 11.7 Å². The highest BCUT2D eigenvalue weighted by Gasteiger charge is 2.14. The molecular weight excluding hydrogens is 306 g/mol. The van der Waals surface area contributed by atoms with Gasteiger partial charge in [0.2, 0.25) is 5.88 Å². The van der Waals surface area contributed by atoms with Crippen LogP contribution in [-0.4, -0.2) is 34.0 Å². The first-order chi connectivity index (χ1) is 10.9. The molecule has 0 bridgehead atoms. The smallest absolute Gasteiger partial charge is 0.335 e. The molecule has 2 amide bonds. The van der Waals surface area contributed by atoms with E-state index < -0.39 is 23.2 Å². The molecule has 0 saturated carbocycles. The van der Waals surface area contributed by atoms with Crippen molar-refractivity contribution < 1.29 is 14.6 Å². The van der Waals surface area contributed by atoms with Crippen molar-refractivity contribution in [1.29, 1.82) is 0 Å². The number of nitrogens with one attached hydrogen (secondary N) is 2. The fraction of sp³-hybridized carbons (Fsp3) is 0.0769. The van der Waals surface area contributed by atoms with Gasteiger partial charge < -0.3 is 15.6 Å². The van der Waals surface area contributed by atoms with Gasteiger partial charge in [-0.15, -0.1) is 0 Å². The number of rotatable bonds is 4. The maximum Gasteiger partial charge on any atom is 0.335 e. The molecule has 2 rings (SSSR count). The molecule has 5 N–H and O–H groups in total. The monoisotopic (exact) mass is 319 g/mol. The number of nitrogens with two attached hydrogens (primary N) is 1. The molecule has 0 aliphatic carbocycles. The minimum Gasteiger partial charge on any atom is -0.497 e. The highest BCUT2D eigenvalue weighted by molar-refractivity contribution is 5.83. The minimum atomic E-state index is -0.944. The van der Waals surface area contributed by atoms with Crippen LogP contribution >= 0.6 is 0 Å². The zero-order valence-electron chi connectivity index (χ0n) is 11.9. The molecule has 120 valence electrons. The molecule has 0 saturated heterocycles. The number of aromatic hydroxyl groups is 1. The molecule has 0 atom stereocenters. The number of aromatic amines is 1. The number of benzene rings is 1. The van der Waals surface area contributed by atoms with E-state index in [2.05, 4.69) is 5.10 Å². The Morgan fingerprint density at radius 2 is 2.04 bits per heavy atom. The van der Waals surface area contributed by atoms with Gasteiger partial charge in [0, 0.05) is 0 Å². The standard InChI is InChI=1S/C13H13N5O5/c1-23-8-4-2-7(3-5-8)18-11(20)9(6-15-17-12(14)21)10(19)16-13(18)22/h2-6,20H,1H3,(H3,14,17,21)(H,16,19,22). The van der Waals surface area contributed by atoms with Crippen LogP contribution in [0.5, 0.6) is 11.6 Å². The maximum absolute atomic E-state index is 11.9. The van der Waals surface area contributed by atoms with E-state index in [0.717, 1.165) is 10.8 Å². The Morgan fingerprint density at radius 3 is 2.61 bits per heavy atom. The Hall–Kier alpha value is -3.56. The number of hydrazone groups is 1. The number of nitrogens with zero attached hydrogens (tertiary/aromatic N) is 2. The number of carbonyl (C=O) groups excluding carboxylic acids is 1. The number of methoxy groups -OCH3 is 1. The number of H-pyrrole nitrogens is 1. The predicted octanol–water partition coefficient (Wildman–Crippen LogP) is -0.758. The number of urea groups is 1. The minimum absolute atomic E-state index is 0.294. The Balaban J connectivity index is 2.55. The van der Waals surface area contributed by atoms with Crippen LogP contribution in [0.25, 0.3) is 5.69 Å². The van der Waals surface area contributed by atoms with Crippen LogP contribution in [0.4, 0.5) is 4.79 Å². The number of carbonyl (C=O) groups is 1. The van der Waals surface area contributed by atoms with E-state index in [0.29, 0.717) is 11.4 Å². The lowest BCUT2D eigenvalue weighted by Crippen LogP contribution is -2.32. The van der Waals surface area contributed by atoms with Gasteiger partial charge in [-0.1, -0.05) is 0 Å². The van der Waals surface area contributed by atoms with Crippen molar-refractivity contribution in [3.05, 3.63) is 50.7 Å². The van der Waals surface area contributed by atoms with E-state index in [-0.39, 0.29) is 5.56 Å². The van der Waals surface area contributed by atoms with Gasteiger partial charge in [-0.25, -0.2) is 19.6 Å². The van der Waals surface area contributed by atoms with E-state index in [4.69, 9.17) is 10.5 Å². The van der Waals surface area contributed by atoms with Crippen molar-refractivity contribution in [2.75, 3.05) is 7.11 Å². The molecule has 0 spiro atoms. The lowest BCUT2D eigenvalue weighted by atomic mass is 10.2. The topological polar surface area (TPSA) is 152 Å². The molecule has 2 aromatic rings. The van der Waals surface area contributed by atoms with Crippen LogP contribution in [0.1, 0.15) is 5.56 Å². The molecule has 10 nitrogen and oxygen atoms in total. The van der Waals surface area contributed by atoms with Crippen molar-refractivity contribution in [1.82, 2.24) is 15.0 Å². The van der Waals surface area contributed by atoms with Crippen molar-refractivity contribution in [3.8, 4) is 17.3 Å². The van der Waals surface area contributed by atoms with Crippen molar-refractivity contribution in [2.45, 2.75) is 0 Å². The highest BCUT2D eigenvalue weighted by Crippen LogP contribution is 2.18. The van der Waals surface area contributed by atoms with Crippen LogP contribution in [0.15, 0.2) is 39.0 Å². The second kappa shape index (κ2) is 6.47. The third-order valence-electron chi connectivity index (χ3n) is 2.82. The zero-order chi connectivity index (χ0) is 17.0. The van der Waals surface area contributed by atoms with Gasteiger partial charge in [0.15, 0.2) is 0 Å². The van der Waals surface area contributed by atoms with Crippen LogP contribution < -0.4 is 27.1 Å². The van der Waals surface area contributed by atoms with Crippen LogP contribution in [0.2, 0.25) is 0 Å². The normalized spacial score (nSPS) is 10.7. The second-order valence-electron chi connectivity index (χ2n) is 4.26. The summed E-state index contributed by atoms with van der Waals surface area (Å²) in [5.41, 5.74) is 4.97. The van der Waals surface area contributed by atoms with Crippen molar-refractivity contribution in [3.63, 3.8) is 0 Å². The third kappa shape index (κ3) is 3.37. The number of ether oxygens (including phenoxy) is 1.